The zero-order valence-corrected chi connectivity index (χ0v) is 13.3. The van der Waals surface area contributed by atoms with Crippen molar-refractivity contribution in [2.75, 3.05) is 17.1 Å². The molecule has 0 aliphatic heterocycles. The van der Waals surface area contributed by atoms with E-state index >= 15 is 0 Å². The predicted molar refractivity (Wildman–Crippen MR) is 81.3 cm³/mol. The Morgan fingerprint density at radius 2 is 2.00 bits per heavy atom. The van der Waals surface area contributed by atoms with Crippen LogP contribution in [0.2, 0.25) is 0 Å². The van der Waals surface area contributed by atoms with Gasteiger partial charge in [0.2, 0.25) is 0 Å². The van der Waals surface area contributed by atoms with Gasteiger partial charge in [-0.2, -0.15) is 0 Å². The molecular weight excluding hydrogens is 344 g/mol. The normalized spacial score (nSPS) is 11.2. The second-order valence-electron chi connectivity index (χ2n) is 4.07. The molecule has 0 aromatic carbocycles. The van der Waals surface area contributed by atoms with Crippen LogP contribution in [0.15, 0.2) is 40.0 Å². The molecule has 2 aromatic heterocycles. The highest BCUT2D eigenvalue weighted by molar-refractivity contribution is 9.10. The number of nitrogens with one attached hydrogen (secondary N) is 2. The van der Waals surface area contributed by atoms with E-state index < -0.39 is 10.0 Å². The maximum atomic E-state index is 12.4. The second kappa shape index (κ2) is 5.76. The number of pyridine rings is 2. The summed E-state index contributed by atoms with van der Waals surface area (Å²) < 4.78 is 27.8. The third kappa shape index (κ3) is 3.26. The van der Waals surface area contributed by atoms with Crippen LogP contribution in [0.3, 0.4) is 0 Å². The van der Waals surface area contributed by atoms with Crippen molar-refractivity contribution in [2.45, 2.75) is 11.8 Å². The third-order valence-electron chi connectivity index (χ3n) is 2.50. The first-order valence-corrected chi connectivity index (χ1v) is 7.99. The number of sulfonamides is 1. The van der Waals surface area contributed by atoms with E-state index in [4.69, 9.17) is 0 Å². The summed E-state index contributed by atoms with van der Waals surface area (Å²) in [4.78, 5) is 8.06. The van der Waals surface area contributed by atoms with E-state index in [0.29, 0.717) is 4.47 Å². The summed E-state index contributed by atoms with van der Waals surface area (Å²) >= 11 is 3.22. The molecule has 2 aromatic rings. The fourth-order valence-electron chi connectivity index (χ4n) is 1.60. The van der Waals surface area contributed by atoms with Crippen molar-refractivity contribution in [2.24, 2.45) is 0 Å². The van der Waals surface area contributed by atoms with Gasteiger partial charge in [0.05, 0.1) is 0 Å². The summed E-state index contributed by atoms with van der Waals surface area (Å²) in [6.45, 7) is 1.86. The minimum Gasteiger partial charge on any atom is -0.372 e. The molecule has 0 radical (unpaired) electrons. The maximum Gasteiger partial charge on any atom is 0.266 e. The molecule has 0 saturated heterocycles. The summed E-state index contributed by atoms with van der Waals surface area (Å²) in [5, 5.41) is 2.75. The number of aryl methyl sites for hydroxylation is 1. The molecule has 0 atom stereocenters. The SMILES string of the molecule is CNc1ncc(Br)cc1S(=O)(=O)Nc1cc(C)ccn1. The van der Waals surface area contributed by atoms with Crippen molar-refractivity contribution in [1.82, 2.24) is 9.97 Å². The largest absolute Gasteiger partial charge is 0.372 e. The fourth-order valence-corrected chi connectivity index (χ4v) is 3.27. The molecule has 6 nitrogen and oxygen atoms in total. The molecule has 0 aliphatic rings. The van der Waals surface area contributed by atoms with Crippen LogP contribution in [0, 0.1) is 6.92 Å². The van der Waals surface area contributed by atoms with E-state index in [1.807, 2.05) is 6.92 Å². The van der Waals surface area contributed by atoms with Crippen LogP contribution in [0.5, 0.6) is 0 Å². The predicted octanol–water partition coefficient (Wildman–Crippen LogP) is 2.39. The number of aromatic nitrogens is 2. The Balaban J connectivity index is 2.43. The fraction of sp³-hybridized carbons (Fsp3) is 0.167. The lowest BCUT2D eigenvalue weighted by molar-refractivity contribution is 0.601. The molecule has 106 valence electrons. The summed E-state index contributed by atoms with van der Waals surface area (Å²) in [5.74, 6) is 0.542. The van der Waals surface area contributed by atoms with Gasteiger partial charge in [-0.1, -0.05) is 0 Å². The first kappa shape index (κ1) is 14.7. The Hall–Kier alpha value is -1.67. The molecule has 0 fully saturated rings. The lowest BCUT2D eigenvalue weighted by Crippen LogP contribution is -2.16. The van der Waals surface area contributed by atoms with Gasteiger partial charge >= 0.3 is 0 Å². The minimum atomic E-state index is -3.76. The number of nitrogens with zero attached hydrogens (tertiary/aromatic N) is 2. The van der Waals surface area contributed by atoms with E-state index in [1.54, 1.807) is 25.4 Å². The molecule has 2 N–H and O–H groups in total. The van der Waals surface area contributed by atoms with Crippen LogP contribution in [-0.2, 0) is 10.0 Å². The van der Waals surface area contributed by atoms with Crippen molar-refractivity contribution in [3.8, 4) is 0 Å². The Morgan fingerprint density at radius 1 is 1.25 bits per heavy atom. The van der Waals surface area contributed by atoms with Gasteiger partial charge in [0.25, 0.3) is 10.0 Å². The van der Waals surface area contributed by atoms with Crippen LogP contribution in [0.1, 0.15) is 5.56 Å². The Bertz CT molecular complexity index is 734. The van der Waals surface area contributed by atoms with Crippen LogP contribution >= 0.6 is 15.9 Å². The summed E-state index contributed by atoms with van der Waals surface area (Å²) in [6, 6.07) is 4.93. The topological polar surface area (TPSA) is 84.0 Å². The Labute approximate surface area is 125 Å². The van der Waals surface area contributed by atoms with Crippen molar-refractivity contribution < 1.29 is 8.42 Å². The lowest BCUT2D eigenvalue weighted by Gasteiger charge is -2.11. The van der Waals surface area contributed by atoms with Crippen molar-refractivity contribution in [3.63, 3.8) is 0 Å². The van der Waals surface area contributed by atoms with Crippen LogP contribution < -0.4 is 10.0 Å². The highest BCUT2D eigenvalue weighted by atomic mass is 79.9. The van der Waals surface area contributed by atoms with Gasteiger partial charge in [0.15, 0.2) is 0 Å². The smallest absolute Gasteiger partial charge is 0.266 e. The summed E-state index contributed by atoms with van der Waals surface area (Å²) in [7, 11) is -2.15. The molecule has 8 heteroatoms. The standard InChI is InChI=1S/C12H13BrN4O2S/c1-8-3-4-15-11(5-8)17-20(18,19)10-6-9(13)7-16-12(10)14-2/h3-7H,1-2H3,(H,14,16)(H,15,17). The van der Waals surface area contributed by atoms with Gasteiger partial charge in [-0.3, -0.25) is 4.72 Å². The van der Waals surface area contributed by atoms with Crippen LogP contribution in [-0.4, -0.2) is 25.4 Å². The Kier molecular flexibility index (Phi) is 4.24. The summed E-state index contributed by atoms with van der Waals surface area (Å²) in [5.41, 5.74) is 0.916. The zero-order chi connectivity index (χ0) is 14.8. The van der Waals surface area contributed by atoms with E-state index in [0.717, 1.165) is 5.56 Å². The Morgan fingerprint density at radius 3 is 2.65 bits per heavy atom. The van der Waals surface area contributed by atoms with E-state index in [-0.39, 0.29) is 16.5 Å². The van der Waals surface area contributed by atoms with Crippen molar-refractivity contribution >= 4 is 37.6 Å². The third-order valence-corrected chi connectivity index (χ3v) is 4.30. The van der Waals surface area contributed by atoms with Gasteiger partial charge in [0, 0.05) is 23.9 Å². The number of anilines is 2. The van der Waals surface area contributed by atoms with Gasteiger partial charge in [-0.25, -0.2) is 18.4 Å². The first-order chi connectivity index (χ1) is 9.42. The molecule has 0 saturated carbocycles. The highest BCUT2D eigenvalue weighted by Crippen LogP contribution is 2.24. The van der Waals surface area contributed by atoms with Gasteiger partial charge < -0.3 is 5.32 Å². The van der Waals surface area contributed by atoms with Gasteiger partial charge in [0.1, 0.15) is 16.5 Å². The minimum absolute atomic E-state index is 0.0534. The van der Waals surface area contributed by atoms with Gasteiger partial charge in [-0.05, 0) is 46.6 Å². The molecule has 2 heterocycles. The average Bonchev–Trinajstić information content (AvgIpc) is 2.38. The molecule has 0 bridgehead atoms. The molecule has 20 heavy (non-hydrogen) atoms. The number of halogens is 1. The first-order valence-electron chi connectivity index (χ1n) is 5.71. The average molecular weight is 357 g/mol. The quantitative estimate of drug-likeness (QED) is 0.878. The second-order valence-corrected chi connectivity index (χ2v) is 6.64. The number of hydrogen-bond acceptors (Lipinski definition) is 5. The molecule has 2 rings (SSSR count). The van der Waals surface area contributed by atoms with E-state index in [2.05, 4.69) is 35.9 Å². The monoisotopic (exact) mass is 356 g/mol. The van der Waals surface area contributed by atoms with Crippen LogP contribution in [0.4, 0.5) is 11.6 Å². The molecule has 0 spiro atoms. The molecule has 0 aliphatic carbocycles. The van der Waals surface area contributed by atoms with Crippen molar-refractivity contribution in [3.05, 3.63) is 40.6 Å². The summed E-state index contributed by atoms with van der Waals surface area (Å²) in [6.07, 6.45) is 3.07. The van der Waals surface area contributed by atoms with Crippen molar-refractivity contribution in [1.29, 1.82) is 0 Å². The zero-order valence-electron chi connectivity index (χ0n) is 10.9. The highest BCUT2D eigenvalue weighted by Gasteiger charge is 2.20. The lowest BCUT2D eigenvalue weighted by atomic mass is 10.3. The number of rotatable bonds is 4. The van der Waals surface area contributed by atoms with E-state index in [9.17, 15) is 8.42 Å². The molecule has 0 amide bonds. The number of hydrogen-bond donors (Lipinski definition) is 2. The van der Waals surface area contributed by atoms with Crippen LogP contribution in [0.25, 0.3) is 0 Å². The van der Waals surface area contributed by atoms with E-state index in [1.165, 1.54) is 12.3 Å². The molecular formula is C12H13BrN4O2S. The molecule has 0 unspecified atom stereocenters. The van der Waals surface area contributed by atoms with Gasteiger partial charge in [-0.15, -0.1) is 0 Å². The maximum absolute atomic E-state index is 12.4.